The van der Waals surface area contributed by atoms with Crippen LogP contribution in [0.25, 0.3) is 10.9 Å². The van der Waals surface area contributed by atoms with Crippen molar-refractivity contribution in [3.8, 4) is 0 Å². The van der Waals surface area contributed by atoms with Crippen molar-refractivity contribution >= 4 is 34.0 Å². The number of nitrogens with one attached hydrogen (secondary N) is 1. The Hall–Kier alpha value is -1.77. The molecule has 4 rings (SSSR count). The first-order valence-corrected chi connectivity index (χ1v) is 11.6. The molecule has 0 unspecified atom stereocenters. The lowest BCUT2D eigenvalue weighted by Gasteiger charge is -2.30. The molecule has 1 amide bonds. The summed E-state index contributed by atoms with van der Waals surface area (Å²) >= 11 is 1.66. The van der Waals surface area contributed by atoms with Crippen molar-refractivity contribution in [2.75, 3.05) is 57.4 Å². The summed E-state index contributed by atoms with van der Waals surface area (Å²) in [7, 11) is 0. The van der Waals surface area contributed by atoms with Crippen molar-refractivity contribution in [3.63, 3.8) is 0 Å². The molecule has 2 fully saturated rings. The number of aromatic nitrogens is 2. The SMILES string of the molecule is Cc1scc2nc(C(=O)NCCCN3CCC(C)CC3)nc(N3CCOCC3)c12. The van der Waals surface area contributed by atoms with Crippen LogP contribution in [0.2, 0.25) is 0 Å². The number of fused-ring (bicyclic) bond motifs is 1. The van der Waals surface area contributed by atoms with Gasteiger partial charge in [-0.2, -0.15) is 0 Å². The topological polar surface area (TPSA) is 70.6 Å². The summed E-state index contributed by atoms with van der Waals surface area (Å²) in [6, 6.07) is 0. The molecule has 2 aromatic heterocycles. The lowest BCUT2D eigenvalue weighted by molar-refractivity contribution is 0.0940. The van der Waals surface area contributed by atoms with Gasteiger partial charge in [-0.15, -0.1) is 11.3 Å². The smallest absolute Gasteiger partial charge is 0.289 e. The van der Waals surface area contributed by atoms with Crippen LogP contribution in [0.4, 0.5) is 5.82 Å². The van der Waals surface area contributed by atoms with Crippen LogP contribution in [-0.2, 0) is 4.74 Å². The number of aryl methyl sites for hydroxylation is 1. The number of piperidine rings is 1. The first kappa shape index (κ1) is 20.5. The molecular weight excluding hydrogens is 386 g/mol. The van der Waals surface area contributed by atoms with Crippen molar-refractivity contribution in [2.24, 2.45) is 5.92 Å². The minimum Gasteiger partial charge on any atom is -0.378 e. The second-order valence-electron chi connectivity index (χ2n) is 8.16. The van der Waals surface area contributed by atoms with E-state index in [-0.39, 0.29) is 11.7 Å². The fraction of sp³-hybridized carbons (Fsp3) is 0.667. The molecule has 0 radical (unpaired) electrons. The highest BCUT2D eigenvalue weighted by Gasteiger charge is 2.22. The second-order valence-corrected chi connectivity index (χ2v) is 9.24. The molecule has 2 aromatic rings. The number of anilines is 1. The van der Waals surface area contributed by atoms with Gasteiger partial charge in [0.2, 0.25) is 5.82 Å². The van der Waals surface area contributed by atoms with Gasteiger partial charge in [0.1, 0.15) is 5.82 Å². The largest absolute Gasteiger partial charge is 0.378 e. The Kier molecular flexibility index (Phi) is 6.62. The van der Waals surface area contributed by atoms with Gasteiger partial charge in [-0.25, -0.2) is 9.97 Å². The Labute approximate surface area is 176 Å². The van der Waals surface area contributed by atoms with Crippen LogP contribution >= 0.6 is 11.3 Å². The summed E-state index contributed by atoms with van der Waals surface area (Å²) in [4.78, 5) is 27.9. The molecule has 158 valence electrons. The predicted molar refractivity (Wildman–Crippen MR) is 117 cm³/mol. The molecule has 0 spiro atoms. The molecule has 4 heterocycles. The maximum absolute atomic E-state index is 12.7. The van der Waals surface area contributed by atoms with E-state index >= 15 is 0 Å². The third-order valence-electron chi connectivity index (χ3n) is 5.94. The van der Waals surface area contributed by atoms with E-state index < -0.39 is 0 Å². The van der Waals surface area contributed by atoms with Crippen LogP contribution in [0, 0.1) is 12.8 Å². The first-order valence-electron chi connectivity index (χ1n) is 10.7. The number of thiophene rings is 1. The molecule has 0 aliphatic carbocycles. The zero-order valence-electron chi connectivity index (χ0n) is 17.4. The van der Waals surface area contributed by atoms with E-state index in [1.54, 1.807) is 11.3 Å². The van der Waals surface area contributed by atoms with Gasteiger partial charge in [-0.05, 0) is 51.7 Å². The lowest BCUT2D eigenvalue weighted by Crippen LogP contribution is -2.38. The summed E-state index contributed by atoms with van der Waals surface area (Å²) < 4.78 is 5.48. The number of rotatable bonds is 6. The summed E-state index contributed by atoms with van der Waals surface area (Å²) in [6.07, 6.45) is 3.52. The molecule has 29 heavy (non-hydrogen) atoms. The maximum Gasteiger partial charge on any atom is 0.289 e. The quantitative estimate of drug-likeness (QED) is 0.729. The third kappa shape index (κ3) is 4.87. The highest BCUT2D eigenvalue weighted by atomic mass is 32.1. The van der Waals surface area contributed by atoms with Gasteiger partial charge in [-0.1, -0.05) is 6.92 Å². The predicted octanol–water partition coefficient (Wildman–Crippen LogP) is 2.69. The number of morpholine rings is 1. The Bertz CT molecular complexity index is 841. The van der Waals surface area contributed by atoms with Crippen LogP contribution in [0.5, 0.6) is 0 Å². The lowest BCUT2D eigenvalue weighted by atomic mass is 9.99. The average Bonchev–Trinajstić information content (AvgIpc) is 3.13. The minimum absolute atomic E-state index is 0.183. The van der Waals surface area contributed by atoms with Crippen molar-refractivity contribution in [1.29, 1.82) is 0 Å². The Morgan fingerprint density at radius 1 is 1.24 bits per heavy atom. The molecule has 8 heteroatoms. The molecule has 2 aliphatic heterocycles. The van der Waals surface area contributed by atoms with Gasteiger partial charge in [0, 0.05) is 29.9 Å². The third-order valence-corrected chi connectivity index (χ3v) is 6.84. The molecule has 7 nitrogen and oxygen atoms in total. The van der Waals surface area contributed by atoms with Crippen molar-refractivity contribution < 1.29 is 9.53 Å². The van der Waals surface area contributed by atoms with Gasteiger partial charge in [0.05, 0.1) is 24.1 Å². The summed E-state index contributed by atoms with van der Waals surface area (Å²) in [5.74, 6) is 1.80. The first-order chi connectivity index (χ1) is 14.1. The van der Waals surface area contributed by atoms with E-state index in [4.69, 9.17) is 4.74 Å². The van der Waals surface area contributed by atoms with Gasteiger partial charge in [0.25, 0.3) is 5.91 Å². The molecule has 0 aromatic carbocycles. The molecule has 2 saturated heterocycles. The Morgan fingerprint density at radius 2 is 2.00 bits per heavy atom. The van der Waals surface area contributed by atoms with Crippen molar-refractivity contribution in [2.45, 2.75) is 33.1 Å². The fourth-order valence-corrected chi connectivity index (χ4v) is 4.84. The zero-order valence-corrected chi connectivity index (χ0v) is 18.3. The monoisotopic (exact) mass is 417 g/mol. The standard InChI is InChI=1S/C21H31N5O2S/c1-15-4-8-25(9-5-15)7-3-6-22-21(27)19-23-17-14-29-16(2)18(17)20(24-19)26-10-12-28-13-11-26/h14-15H,3-13H2,1-2H3,(H,22,27). The molecule has 0 bridgehead atoms. The van der Waals surface area contributed by atoms with Crippen LogP contribution in [-0.4, -0.2) is 73.3 Å². The van der Waals surface area contributed by atoms with E-state index in [2.05, 4.69) is 38.9 Å². The van der Waals surface area contributed by atoms with Crippen molar-refractivity contribution in [1.82, 2.24) is 20.2 Å². The maximum atomic E-state index is 12.7. The average molecular weight is 418 g/mol. The van der Waals surface area contributed by atoms with Gasteiger partial charge in [0.15, 0.2) is 0 Å². The van der Waals surface area contributed by atoms with E-state index in [1.165, 1.54) is 30.8 Å². The van der Waals surface area contributed by atoms with E-state index in [0.717, 1.165) is 48.7 Å². The fourth-order valence-electron chi connectivity index (χ4n) is 4.07. The summed E-state index contributed by atoms with van der Waals surface area (Å²) in [6.45, 7) is 11.4. The molecule has 0 atom stereocenters. The zero-order chi connectivity index (χ0) is 20.2. The number of amides is 1. The normalized spacial score (nSPS) is 19.0. The molecule has 1 N–H and O–H groups in total. The van der Waals surface area contributed by atoms with E-state index in [1.807, 2.05) is 5.38 Å². The van der Waals surface area contributed by atoms with E-state index in [9.17, 15) is 4.79 Å². The number of likely N-dealkylation sites (tertiary alicyclic amines) is 1. The highest BCUT2D eigenvalue weighted by Crippen LogP contribution is 2.31. The second kappa shape index (κ2) is 9.36. The summed E-state index contributed by atoms with van der Waals surface area (Å²) in [5, 5.41) is 6.10. The van der Waals surface area contributed by atoms with Gasteiger partial charge < -0.3 is 19.9 Å². The number of carbonyl (C=O) groups excluding carboxylic acids is 1. The number of nitrogens with zero attached hydrogens (tertiary/aromatic N) is 4. The van der Waals surface area contributed by atoms with Crippen LogP contribution in [0.3, 0.4) is 0 Å². The minimum atomic E-state index is -0.183. The van der Waals surface area contributed by atoms with Crippen LogP contribution in [0.1, 0.15) is 41.7 Å². The van der Waals surface area contributed by atoms with Crippen molar-refractivity contribution in [3.05, 3.63) is 16.1 Å². The number of hydrogen-bond acceptors (Lipinski definition) is 7. The molecule has 2 aliphatic rings. The van der Waals surface area contributed by atoms with Crippen LogP contribution in [0.15, 0.2) is 5.38 Å². The number of carbonyl (C=O) groups is 1. The van der Waals surface area contributed by atoms with Gasteiger partial charge in [-0.3, -0.25) is 4.79 Å². The Balaban J connectivity index is 1.39. The van der Waals surface area contributed by atoms with Crippen LogP contribution < -0.4 is 10.2 Å². The number of ether oxygens (including phenoxy) is 1. The molecular formula is C21H31N5O2S. The highest BCUT2D eigenvalue weighted by molar-refractivity contribution is 7.11. The van der Waals surface area contributed by atoms with Gasteiger partial charge >= 0.3 is 0 Å². The number of hydrogen-bond donors (Lipinski definition) is 1. The summed E-state index contributed by atoms with van der Waals surface area (Å²) in [5.41, 5.74) is 0.858. The molecule has 0 saturated carbocycles. The van der Waals surface area contributed by atoms with E-state index in [0.29, 0.717) is 19.8 Å². The Morgan fingerprint density at radius 3 is 2.76 bits per heavy atom.